The summed E-state index contributed by atoms with van der Waals surface area (Å²) in [6.45, 7) is -0.522. The molecule has 1 heterocycles. The van der Waals surface area contributed by atoms with Crippen molar-refractivity contribution in [3.05, 3.63) is 27.7 Å². The Kier molecular flexibility index (Phi) is 2.62. The molecule has 1 aromatic heterocycles. The molecule has 1 aromatic rings. The monoisotopic (exact) mass is 191 g/mol. The number of rotatable bonds is 2. The van der Waals surface area contributed by atoms with Crippen LogP contribution >= 0.6 is 0 Å². The second-order valence-corrected chi connectivity index (χ2v) is 2.38. The van der Waals surface area contributed by atoms with Gasteiger partial charge < -0.3 is 15.2 Å². The lowest BCUT2D eigenvalue weighted by Gasteiger charge is -2.03. The number of hydrogen-bond acceptors (Lipinski definition) is 3. The number of H-pyrrole nitrogens is 1. The number of alkyl halides is 2. The van der Waals surface area contributed by atoms with E-state index in [1.165, 1.54) is 0 Å². The zero-order chi connectivity index (χ0) is 10.0. The average Bonchev–Trinajstić information content (AvgIpc) is 2.02. The van der Waals surface area contributed by atoms with Gasteiger partial charge in [-0.05, 0) is 0 Å². The van der Waals surface area contributed by atoms with E-state index < -0.39 is 29.9 Å². The fourth-order valence-electron chi connectivity index (χ4n) is 0.904. The van der Waals surface area contributed by atoms with Gasteiger partial charge in [-0.3, -0.25) is 4.79 Å². The van der Waals surface area contributed by atoms with Crippen LogP contribution in [0, 0.1) is 0 Å². The van der Waals surface area contributed by atoms with Crippen LogP contribution in [0.5, 0.6) is 5.75 Å². The molecule has 13 heavy (non-hydrogen) atoms. The van der Waals surface area contributed by atoms with Crippen molar-refractivity contribution < 1.29 is 19.0 Å². The molecule has 0 aromatic carbocycles. The van der Waals surface area contributed by atoms with E-state index in [1.54, 1.807) is 0 Å². The van der Waals surface area contributed by atoms with E-state index in [0.717, 1.165) is 6.07 Å². The van der Waals surface area contributed by atoms with Gasteiger partial charge in [-0.1, -0.05) is 0 Å². The summed E-state index contributed by atoms with van der Waals surface area (Å²) in [5.74, 6) is -0.803. The van der Waals surface area contributed by atoms with Gasteiger partial charge in [0.05, 0.1) is 6.61 Å². The topological polar surface area (TPSA) is 73.3 Å². The highest BCUT2D eigenvalue weighted by Gasteiger charge is 2.17. The molecule has 0 saturated heterocycles. The fourth-order valence-corrected chi connectivity index (χ4v) is 0.904. The summed E-state index contributed by atoms with van der Waals surface area (Å²) in [6.07, 6.45) is -3.03. The van der Waals surface area contributed by atoms with Crippen LogP contribution in [0.1, 0.15) is 17.7 Å². The van der Waals surface area contributed by atoms with Crippen LogP contribution in [-0.4, -0.2) is 15.2 Å². The number of nitrogens with one attached hydrogen (secondary N) is 1. The van der Waals surface area contributed by atoms with E-state index in [1.807, 2.05) is 4.98 Å². The summed E-state index contributed by atoms with van der Waals surface area (Å²) < 4.78 is 24.2. The molecule has 0 bridgehead atoms. The number of hydrogen-bond donors (Lipinski definition) is 3. The molecule has 0 saturated carbocycles. The first kappa shape index (κ1) is 9.66. The number of aromatic nitrogens is 1. The third-order valence-corrected chi connectivity index (χ3v) is 1.49. The van der Waals surface area contributed by atoms with Gasteiger partial charge in [0.1, 0.15) is 11.3 Å². The molecule has 0 amide bonds. The summed E-state index contributed by atoms with van der Waals surface area (Å²) in [5, 5.41) is 17.5. The summed E-state index contributed by atoms with van der Waals surface area (Å²) in [5.41, 5.74) is -2.07. The number of pyridine rings is 1. The van der Waals surface area contributed by atoms with Crippen LogP contribution in [-0.2, 0) is 6.61 Å². The van der Waals surface area contributed by atoms with Gasteiger partial charge in [0.2, 0.25) is 0 Å². The maximum atomic E-state index is 12.1. The van der Waals surface area contributed by atoms with Gasteiger partial charge in [0, 0.05) is 11.8 Å². The van der Waals surface area contributed by atoms with E-state index in [-0.39, 0.29) is 5.69 Å². The van der Waals surface area contributed by atoms with Gasteiger partial charge >= 0.3 is 0 Å². The SMILES string of the molecule is O=c1[nH]c(CO)cc(O)c1C(F)F. The first-order valence-corrected chi connectivity index (χ1v) is 3.40. The highest BCUT2D eigenvalue weighted by atomic mass is 19.3. The van der Waals surface area contributed by atoms with Crippen LogP contribution in [0.25, 0.3) is 0 Å². The molecular formula is C7H7F2NO3. The van der Waals surface area contributed by atoms with E-state index in [4.69, 9.17) is 10.2 Å². The second-order valence-electron chi connectivity index (χ2n) is 2.38. The van der Waals surface area contributed by atoms with Crippen molar-refractivity contribution in [1.29, 1.82) is 0 Å². The van der Waals surface area contributed by atoms with Crippen LogP contribution in [0.3, 0.4) is 0 Å². The minimum atomic E-state index is -3.03. The molecule has 0 radical (unpaired) electrons. The fraction of sp³-hybridized carbons (Fsp3) is 0.286. The number of aliphatic hydroxyl groups is 1. The van der Waals surface area contributed by atoms with Crippen molar-refractivity contribution in [1.82, 2.24) is 4.98 Å². The Labute approximate surface area is 71.5 Å². The lowest BCUT2D eigenvalue weighted by molar-refractivity contribution is 0.145. The van der Waals surface area contributed by atoms with E-state index in [9.17, 15) is 13.6 Å². The van der Waals surface area contributed by atoms with E-state index in [0.29, 0.717) is 0 Å². The number of aromatic hydroxyl groups is 1. The predicted molar refractivity (Wildman–Crippen MR) is 39.6 cm³/mol. The van der Waals surface area contributed by atoms with Gasteiger partial charge in [0.25, 0.3) is 12.0 Å². The van der Waals surface area contributed by atoms with Crippen molar-refractivity contribution in [2.45, 2.75) is 13.0 Å². The largest absolute Gasteiger partial charge is 0.507 e. The third kappa shape index (κ3) is 1.83. The van der Waals surface area contributed by atoms with Gasteiger partial charge in [-0.2, -0.15) is 0 Å². The molecule has 4 nitrogen and oxygen atoms in total. The molecule has 0 aliphatic carbocycles. The van der Waals surface area contributed by atoms with Crippen LogP contribution in [0.15, 0.2) is 10.9 Å². The van der Waals surface area contributed by atoms with E-state index in [2.05, 4.69) is 0 Å². The molecule has 72 valence electrons. The number of aliphatic hydroxyl groups excluding tert-OH is 1. The maximum Gasteiger partial charge on any atom is 0.272 e. The number of halogens is 2. The molecule has 3 N–H and O–H groups in total. The van der Waals surface area contributed by atoms with Gasteiger partial charge in [-0.25, -0.2) is 8.78 Å². The minimum absolute atomic E-state index is 0.00750. The normalized spacial score (nSPS) is 10.8. The second kappa shape index (κ2) is 3.53. The molecule has 0 aliphatic heterocycles. The zero-order valence-corrected chi connectivity index (χ0v) is 6.42. The molecule has 0 aliphatic rings. The maximum absolute atomic E-state index is 12.1. The van der Waals surface area contributed by atoms with Crippen LogP contribution < -0.4 is 5.56 Å². The summed E-state index contributed by atoms with van der Waals surface area (Å²) in [6, 6.07) is 0.892. The molecule has 1 rings (SSSR count). The zero-order valence-electron chi connectivity index (χ0n) is 6.42. The van der Waals surface area contributed by atoms with Crippen molar-refractivity contribution in [3.8, 4) is 5.75 Å². The average molecular weight is 191 g/mol. The Bertz CT molecular complexity index is 361. The number of aromatic amines is 1. The lowest BCUT2D eigenvalue weighted by atomic mass is 10.2. The predicted octanol–water partition coefficient (Wildman–Crippen LogP) is 0.510. The standard InChI is InChI=1S/C7H7F2NO3/c8-6(9)5-4(12)1-3(2-11)10-7(5)13/h1,6,11H,2H2,(H2,10,12,13). The van der Waals surface area contributed by atoms with Crippen molar-refractivity contribution in [2.75, 3.05) is 0 Å². The molecule has 6 heteroatoms. The first-order chi connectivity index (χ1) is 6.06. The smallest absolute Gasteiger partial charge is 0.272 e. The quantitative estimate of drug-likeness (QED) is 0.637. The molecule has 0 atom stereocenters. The Balaban J connectivity index is 3.32. The highest BCUT2D eigenvalue weighted by Crippen LogP contribution is 2.24. The molecule has 0 unspecified atom stereocenters. The Morgan fingerprint density at radius 1 is 1.54 bits per heavy atom. The van der Waals surface area contributed by atoms with Gasteiger partial charge in [0.15, 0.2) is 0 Å². The van der Waals surface area contributed by atoms with Crippen LogP contribution in [0.4, 0.5) is 8.78 Å². The highest BCUT2D eigenvalue weighted by molar-refractivity contribution is 5.32. The lowest BCUT2D eigenvalue weighted by Crippen LogP contribution is -2.15. The summed E-state index contributed by atoms with van der Waals surface area (Å²) in [7, 11) is 0. The molecular weight excluding hydrogens is 184 g/mol. The summed E-state index contributed by atoms with van der Waals surface area (Å²) >= 11 is 0. The first-order valence-electron chi connectivity index (χ1n) is 3.40. The summed E-state index contributed by atoms with van der Waals surface area (Å²) in [4.78, 5) is 12.9. The van der Waals surface area contributed by atoms with E-state index >= 15 is 0 Å². The third-order valence-electron chi connectivity index (χ3n) is 1.49. The van der Waals surface area contributed by atoms with Crippen LogP contribution in [0.2, 0.25) is 0 Å². The molecule has 0 spiro atoms. The van der Waals surface area contributed by atoms with Gasteiger partial charge in [-0.15, -0.1) is 0 Å². The van der Waals surface area contributed by atoms with Crippen molar-refractivity contribution in [3.63, 3.8) is 0 Å². The Morgan fingerprint density at radius 3 is 2.54 bits per heavy atom. The Morgan fingerprint density at radius 2 is 2.15 bits per heavy atom. The van der Waals surface area contributed by atoms with Crippen molar-refractivity contribution >= 4 is 0 Å². The Hall–Kier alpha value is -1.43. The van der Waals surface area contributed by atoms with Crippen molar-refractivity contribution in [2.24, 2.45) is 0 Å². The minimum Gasteiger partial charge on any atom is -0.507 e. The molecule has 0 fully saturated rings.